The highest BCUT2D eigenvalue weighted by atomic mass is 16.3. The van der Waals surface area contributed by atoms with Gasteiger partial charge in [-0.2, -0.15) is 0 Å². The Balaban J connectivity index is -0.0000000902. The first-order valence-electron chi connectivity index (χ1n) is 4.54. The zero-order valence-electron chi connectivity index (χ0n) is 9.68. The van der Waals surface area contributed by atoms with Crippen LogP contribution in [-0.4, -0.2) is 53.4 Å². The summed E-state index contributed by atoms with van der Waals surface area (Å²) in [6, 6.07) is 0. The van der Waals surface area contributed by atoms with Crippen molar-refractivity contribution >= 4 is 18.2 Å². The number of aliphatic hydroxyl groups is 3. The lowest BCUT2D eigenvalue weighted by Crippen LogP contribution is -2.11. The van der Waals surface area contributed by atoms with Gasteiger partial charge >= 0.3 is 0 Å². The Morgan fingerprint density at radius 2 is 1.11 bits per heavy atom. The van der Waals surface area contributed by atoms with E-state index in [9.17, 15) is 0 Å². The van der Waals surface area contributed by atoms with E-state index in [4.69, 9.17) is 45.9 Å². The Morgan fingerprint density at radius 1 is 0.833 bits per heavy atom. The predicted octanol–water partition coefficient (Wildman–Crippen LogP) is -0.937. The molecule has 104 valence electrons. The first-order chi connectivity index (χ1) is 8.59. The Bertz CT molecular complexity index is 208. The van der Waals surface area contributed by atoms with E-state index in [1.54, 1.807) is 0 Å². The highest BCUT2D eigenvalue weighted by molar-refractivity contribution is 5.26. The van der Waals surface area contributed by atoms with Gasteiger partial charge < -0.3 is 15.3 Å². The first kappa shape index (κ1) is 25.0. The zero-order valence-corrected chi connectivity index (χ0v) is 9.68. The minimum atomic E-state index is -0.0443. The lowest BCUT2D eigenvalue weighted by molar-refractivity contribution is 0.136. The summed E-state index contributed by atoms with van der Waals surface area (Å²) in [5.41, 5.74) is 0. The van der Waals surface area contributed by atoms with E-state index in [2.05, 4.69) is 0 Å². The Labute approximate surface area is 104 Å². The first-order valence-corrected chi connectivity index (χ1v) is 4.54. The summed E-state index contributed by atoms with van der Waals surface area (Å²) in [6.07, 6.45) is 3.61. The van der Waals surface area contributed by atoms with Gasteiger partial charge in [-0.3, -0.25) is 0 Å². The largest absolute Gasteiger partial charge is 0.396 e. The fourth-order valence-electron chi connectivity index (χ4n) is 0.620. The van der Waals surface area contributed by atoms with Gasteiger partial charge in [-0.15, -0.1) is 0 Å². The number of hydrogen-bond acceptors (Lipinski definition) is 9. The Kier molecular flexibility index (Phi) is 50.4. The molecule has 9 heteroatoms. The summed E-state index contributed by atoms with van der Waals surface area (Å²) in [4.78, 5) is 25.0. The molecule has 0 saturated carbocycles. The van der Waals surface area contributed by atoms with E-state index < -0.39 is 0 Å². The van der Waals surface area contributed by atoms with E-state index in [1.807, 2.05) is 0 Å². The average molecular weight is 263 g/mol. The molecule has 0 bridgehead atoms. The van der Waals surface area contributed by atoms with E-state index >= 15 is 0 Å². The van der Waals surface area contributed by atoms with Crippen LogP contribution in [0.2, 0.25) is 0 Å². The molecule has 0 radical (unpaired) electrons. The van der Waals surface area contributed by atoms with Crippen molar-refractivity contribution in [2.24, 2.45) is 5.92 Å². The molecule has 0 aromatic carbocycles. The molecular weight excluding hydrogens is 246 g/mol. The zero-order chi connectivity index (χ0) is 15.2. The maximum atomic E-state index is 8.51. The third kappa shape index (κ3) is 65.6. The van der Waals surface area contributed by atoms with Gasteiger partial charge in [0.05, 0.1) is 0 Å². The molecule has 6 N–H and O–H groups in total. The van der Waals surface area contributed by atoms with Crippen molar-refractivity contribution in [1.29, 1.82) is 16.2 Å². The summed E-state index contributed by atoms with van der Waals surface area (Å²) in [6.45, 7) is 0.156. The Hall–Kier alpha value is -1.98. The van der Waals surface area contributed by atoms with Crippen molar-refractivity contribution in [3.63, 3.8) is 0 Å². The molecule has 0 aromatic rings. The lowest BCUT2D eigenvalue weighted by Gasteiger charge is -2.07. The molecule has 0 atom stereocenters. The fourth-order valence-corrected chi connectivity index (χ4v) is 0.620. The third-order valence-corrected chi connectivity index (χ3v) is 1.29. The number of isocyanates is 3. The smallest absolute Gasteiger partial charge is 0.231 e. The van der Waals surface area contributed by atoms with Gasteiger partial charge in [0.2, 0.25) is 18.2 Å². The Morgan fingerprint density at radius 3 is 1.28 bits per heavy atom. The van der Waals surface area contributed by atoms with Crippen molar-refractivity contribution in [2.75, 3.05) is 19.8 Å². The van der Waals surface area contributed by atoms with Gasteiger partial charge in [0.15, 0.2) is 0 Å². The molecule has 9 nitrogen and oxygen atoms in total. The molecule has 0 spiro atoms. The van der Waals surface area contributed by atoms with Gasteiger partial charge in [-0.1, -0.05) is 0 Å². The SMILES string of the molecule is N=C=O.N=C=O.N=C=O.OCCCC(CO)CO. The van der Waals surface area contributed by atoms with E-state index in [1.165, 1.54) is 0 Å². The van der Waals surface area contributed by atoms with E-state index in [0.717, 1.165) is 18.2 Å². The second-order valence-corrected chi connectivity index (χ2v) is 2.40. The van der Waals surface area contributed by atoms with Crippen molar-refractivity contribution in [3.8, 4) is 0 Å². The minimum absolute atomic E-state index is 0.0104. The van der Waals surface area contributed by atoms with Crippen LogP contribution in [0.1, 0.15) is 12.8 Å². The monoisotopic (exact) mass is 263 g/mol. The second-order valence-electron chi connectivity index (χ2n) is 2.40. The number of aliphatic hydroxyl groups excluding tert-OH is 3. The molecule has 0 heterocycles. The van der Waals surface area contributed by atoms with E-state index in [-0.39, 0.29) is 25.7 Å². The molecule has 0 saturated heterocycles. The van der Waals surface area contributed by atoms with Crippen LogP contribution in [-0.2, 0) is 14.4 Å². The number of nitrogens with one attached hydrogen (secondary N) is 3. The van der Waals surface area contributed by atoms with Crippen LogP contribution in [0.15, 0.2) is 0 Å². The third-order valence-electron chi connectivity index (χ3n) is 1.29. The van der Waals surface area contributed by atoms with E-state index in [0.29, 0.717) is 12.8 Å². The number of carbonyl (C=O) groups excluding carboxylic acids is 3. The van der Waals surface area contributed by atoms with Gasteiger partial charge in [0.1, 0.15) is 0 Å². The molecule has 0 aliphatic rings. The fraction of sp³-hybridized carbons (Fsp3) is 0.667. The molecule has 0 fully saturated rings. The normalized spacial score (nSPS) is 6.67. The summed E-state index contributed by atoms with van der Waals surface area (Å²) in [7, 11) is 0. The van der Waals surface area contributed by atoms with Crippen LogP contribution in [0.5, 0.6) is 0 Å². The number of rotatable bonds is 5. The molecule has 0 amide bonds. The van der Waals surface area contributed by atoms with Crippen molar-refractivity contribution in [2.45, 2.75) is 12.8 Å². The topological polar surface area (TPSA) is 183 Å². The van der Waals surface area contributed by atoms with Gasteiger partial charge in [0.25, 0.3) is 0 Å². The highest BCUT2D eigenvalue weighted by Gasteiger charge is 2.03. The van der Waals surface area contributed by atoms with Gasteiger partial charge in [0, 0.05) is 25.7 Å². The lowest BCUT2D eigenvalue weighted by atomic mass is 10.1. The average Bonchev–Trinajstić information content (AvgIpc) is 2.33. The highest BCUT2D eigenvalue weighted by Crippen LogP contribution is 2.02. The molecule has 0 aliphatic heterocycles. The maximum absolute atomic E-state index is 8.51. The van der Waals surface area contributed by atoms with Crippen LogP contribution in [0.3, 0.4) is 0 Å². The van der Waals surface area contributed by atoms with Gasteiger partial charge in [-0.05, 0) is 12.8 Å². The number of hydrogen-bond donors (Lipinski definition) is 6. The standard InChI is InChI=1S/C6H14O3.3CHNO/c7-3-1-2-6(4-8)5-9;3*2-1-3/h6-9H,1-5H2;3*2H. The van der Waals surface area contributed by atoms with Crippen molar-refractivity contribution in [1.82, 2.24) is 0 Å². The van der Waals surface area contributed by atoms with Crippen LogP contribution in [0.4, 0.5) is 0 Å². The van der Waals surface area contributed by atoms with Crippen molar-refractivity contribution < 1.29 is 29.7 Å². The maximum Gasteiger partial charge on any atom is 0.231 e. The van der Waals surface area contributed by atoms with Crippen LogP contribution < -0.4 is 0 Å². The minimum Gasteiger partial charge on any atom is -0.396 e. The van der Waals surface area contributed by atoms with Crippen LogP contribution in [0, 0.1) is 22.1 Å². The summed E-state index contributed by atoms with van der Waals surface area (Å²) in [5.74, 6) is -0.0443. The summed E-state index contributed by atoms with van der Waals surface area (Å²) in [5, 5.41) is 41.6. The molecule has 0 rings (SSSR count). The van der Waals surface area contributed by atoms with Crippen LogP contribution >= 0.6 is 0 Å². The summed E-state index contributed by atoms with van der Waals surface area (Å²) < 4.78 is 0. The van der Waals surface area contributed by atoms with Gasteiger partial charge in [-0.25, -0.2) is 30.6 Å². The molecule has 18 heavy (non-hydrogen) atoms. The molecule has 0 aromatic heterocycles. The predicted molar refractivity (Wildman–Crippen MR) is 59.2 cm³/mol. The molecular formula is C9H17N3O6. The summed E-state index contributed by atoms with van der Waals surface area (Å²) >= 11 is 0. The van der Waals surface area contributed by atoms with Crippen molar-refractivity contribution in [3.05, 3.63) is 0 Å². The molecule has 0 aliphatic carbocycles. The quantitative estimate of drug-likeness (QED) is 0.274. The van der Waals surface area contributed by atoms with Crippen LogP contribution in [0.25, 0.3) is 0 Å². The second kappa shape index (κ2) is 36.3. The molecule has 0 unspecified atom stereocenters.